The number of amides is 1. The van der Waals surface area contributed by atoms with Crippen molar-refractivity contribution in [1.82, 2.24) is 4.31 Å². The molecule has 1 heterocycles. The molecule has 0 spiro atoms. The topological polar surface area (TPSA) is 90.3 Å². The number of halogens is 1. The van der Waals surface area contributed by atoms with Crippen LogP contribution in [0, 0.1) is 24.1 Å². The first-order valence-electron chi connectivity index (χ1n) is 9.61. The lowest BCUT2D eigenvalue weighted by molar-refractivity contribution is -0.112. The summed E-state index contributed by atoms with van der Waals surface area (Å²) in [6, 6.07) is 12.1. The van der Waals surface area contributed by atoms with E-state index in [2.05, 4.69) is 5.32 Å². The molecular formula is C22H22FN3O3S. The number of nitrogens with zero attached hydrogens (tertiary/aromatic N) is 2. The molecule has 0 aromatic heterocycles. The summed E-state index contributed by atoms with van der Waals surface area (Å²) >= 11 is 0. The Morgan fingerprint density at radius 1 is 1.17 bits per heavy atom. The molecule has 8 heteroatoms. The summed E-state index contributed by atoms with van der Waals surface area (Å²) < 4.78 is 40.5. The number of hydrogen-bond donors (Lipinski definition) is 1. The Kier molecular flexibility index (Phi) is 6.65. The van der Waals surface area contributed by atoms with Gasteiger partial charge in [-0.15, -0.1) is 0 Å². The minimum atomic E-state index is -3.64. The molecular weight excluding hydrogens is 405 g/mol. The summed E-state index contributed by atoms with van der Waals surface area (Å²) in [6.07, 6.45) is 4.03. The number of sulfonamides is 1. The molecule has 0 atom stereocenters. The molecule has 2 aromatic carbocycles. The van der Waals surface area contributed by atoms with E-state index in [1.165, 1.54) is 40.7 Å². The molecule has 0 radical (unpaired) electrons. The lowest BCUT2D eigenvalue weighted by Gasteiger charge is -2.26. The van der Waals surface area contributed by atoms with E-state index in [4.69, 9.17) is 0 Å². The summed E-state index contributed by atoms with van der Waals surface area (Å²) in [4.78, 5) is 12.6. The highest BCUT2D eigenvalue weighted by Gasteiger charge is 2.26. The zero-order chi connectivity index (χ0) is 21.7. The van der Waals surface area contributed by atoms with Crippen molar-refractivity contribution in [3.63, 3.8) is 0 Å². The Bertz CT molecular complexity index is 1130. The van der Waals surface area contributed by atoms with Gasteiger partial charge in [-0.05, 0) is 67.3 Å². The fourth-order valence-electron chi connectivity index (χ4n) is 3.26. The van der Waals surface area contributed by atoms with Gasteiger partial charge in [-0.2, -0.15) is 9.57 Å². The smallest absolute Gasteiger partial charge is 0.266 e. The number of piperidine rings is 1. The molecule has 1 aliphatic heterocycles. The van der Waals surface area contributed by atoms with Crippen LogP contribution >= 0.6 is 0 Å². The second-order valence-electron chi connectivity index (χ2n) is 7.13. The average Bonchev–Trinajstić information content (AvgIpc) is 2.75. The molecule has 6 nitrogen and oxygen atoms in total. The van der Waals surface area contributed by atoms with E-state index in [1.54, 1.807) is 19.1 Å². The molecule has 30 heavy (non-hydrogen) atoms. The van der Waals surface area contributed by atoms with Gasteiger partial charge in [0.1, 0.15) is 17.5 Å². The molecule has 0 saturated carbocycles. The number of rotatable bonds is 5. The fourth-order valence-corrected chi connectivity index (χ4v) is 4.82. The molecule has 1 amide bonds. The van der Waals surface area contributed by atoms with Gasteiger partial charge >= 0.3 is 0 Å². The van der Waals surface area contributed by atoms with Gasteiger partial charge in [0, 0.05) is 18.8 Å². The monoisotopic (exact) mass is 427 g/mol. The van der Waals surface area contributed by atoms with Crippen molar-refractivity contribution in [2.24, 2.45) is 0 Å². The molecule has 156 valence electrons. The maximum absolute atomic E-state index is 13.4. The maximum Gasteiger partial charge on any atom is 0.266 e. The van der Waals surface area contributed by atoms with Crippen LogP contribution in [0.15, 0.2) is 52.9 Å². The normalized spacial score (nSPS) is 15.4. The zero-order valence-electron chi connectivity index (χ0n) is 16.6. The Morgan fingerprint density at radius 2 is 1.90 bits per heavy atom. The molecule has 2 aromatic rings. The number of anilines is 1. The highest BCUT2D eigenvalue weighted by molar-refractivity contribution is 7.89. The van der Waals surface area contributed by atoms with Crippen molar-refractivity contribution in [2.45, 2.75) is 31.1 Å². The van der Waals surface area contributed by atoms with Gasteiger partial charge in [-0.25, -0.2) is 12.8 Å². The predicted molar refractivity (Wildman–Crippen MR) is 112 cm³/mol. The van der Waals surface area contributed by atoms with E-state index >= 15 is 0 Å². The standard InChI is InChI=1S/C22H22FN3O3S/c1-16-12-17(8-9-21(16)23)13-18(15-24)22(27)25-19-6-5-7-20(14-19)30(28,29)26-10-3-2-4-11-26/h5-9,12-14H,2-4,10-11H2,1H3,(H,25,27). The Labute approximate surface area is 175 Å². The third kappa shape index (κ3) is 4.93. The molecule has 0 aliphatic carbocycles. The van der Waals surface area contributed by atoms with Gasteiger partial charge in [-0.1, -0.05) is 18.6 Å². The highest BCUT2D eigenvalue weighted by Crippen LogP contribution is 2.23. The van der Waals surface area contributed by atoms with Gasteiger partial charge in [-0.3, -0.25) is 4.79 Å². The first kappa shape index (κ1) is 21.7. The summed E-state index contributed by atoms with van der Waals surface area (Å²) in [7, 11) is -3.64. The molecule has 1 saturated heterocycles. The van der Waals surface area contributed by atoms with Gasteiger partial charge < -0.3 is 5.32 Å². The number of carbonyl (C=O) groups excluding carboxylic acids is 1. The predicted octanol–water partition coefficient (Wildman–Crippen LogP) is 3.85. The maximum atomic E-state index is 13.4. The van der Waals surface area contributed by atoms with E-state index in [0.717, 1.165) is 19.3 Å². The first-order chi connectivity index (χ1) is 14.3. The van der Waals surface area contributed by atoms with Crippen LogP contribution in [0.25, 0.3) is 6.08 Å². The van der Waals surface area contributed by atoms with Crippen LogP contribution < -0.4 is 5.32 Å². The number of aryl methyl sites for hydroxylation is 1. The van der Waals surface area contributed by atoms with Crippen molar-refractivity contribution in [3.8, 4) is 6.07 Å². The van der Waals surface area contributed by atoms with Crippen molar-refractivity contribution < 1.29 is 17.6 Å². The second-order valence-corrected chi connectivity index (χ2v) is 9.06. The Balaban J connectivity index is 1.80. The fraction of sp³-hybridized carbons (Fsp3) is 0.273. The van der Waals surface area contributed by atoms with Crippen LogP contribution in [-0.4, -0.2) is 31.7 Å². The number of benzene rings is 2. The van der Waals surface area contributed by atoms with Crippen molar-refractivity contribution in [3.05, 3.63) is 65.0 Å². The third-order valence-electron chi connectivity index (χ3n) is 4.90. The van der Waals surface area contributed by atoms with Gasteiger partial charge in [0.2, 0.25) is 10.0 Å². The SMILES string of the molecule is Cc1cc(C=C(C#N)C(=O)Nc2cccc(S(=O)(=O)N3CCCCC3)c2)ccc1F. The Morgan fingerprint density at radius 3 is 2.57 bits per heavy atom. The summed E-state index contributed by atoms with van der Waals surface area (Å²) in [5.74, 6) is -1.05. The van der Waals surface area contributed by atoms with Crippen LogP contribution in [0.2, 0.25) is 0 Å². The van der Waals surface area contributed by atoms with Gasteiger partial charge in [0.15, 0.2) is 0 Å². The highest BCUT2D eigenvalue weighted by atomic mass is 32.2. The first-order valence-corrected chi connectivity index (χ1v) is 11.0. The van der Waals surface area contributed by atoms with Crippen LogP contribution in [0.3, 0.4) is 0 Å². The van der Waals surface area contributed by atoms with Crippen molar-refractivity contribution >= 4 is 27.7 Å². The lowest BCUT2D eigenvalue weighted by Crippen LogP contribution is -2.35. The molecule has 1 aliphatic rings. The van der Waals surface area contributed by atoms with Crippen LogP contribution in [0.5, 0.6) is 0 Å². The van der Waals surface area contributed by atoms with Crippen molar-refractivity contribution in [2.75, 3.05) is 18.4 Å². The lowest BCUT2D eigenvalue weighted by atomic mass is 10.1. The van der Waals surface area contributed by atoms with E-state index in [9.17, 15) is 22.9 Å². The van der Waals surface area contributed by atoms with Crippen LogP contribution in [0.1, 0.15) is 30.4 Å². The third-order valence-corrected chi connectivity index (χ3v) is 6.80. The number of nitrogens with one attached hydrogen (secondary N) is 1. The van der Waals surface area contributed by atoms with E-state index in [0.29, 0.717) is 24.2 Å². The molecule has 1 fully saturated rings. The molecule has 0 unspecified atom stereocenters. The van der Waals surface area contributed by atoms with E-state index < -0.39 is 15.9 Å². The Hall–Kier alpha value is -3.02. The summed E-state index contributed by atoms with van der Waals surface area (Å²) in [6.45, 7) is 2.56. The number of carbonyl (C=O) groups is 1. The quantitative estimate of drug-likeness (QED) is 0.580. The largest absolute Gasteiger partial charge is 0.321 e. The summed E-state index contributed by atoms with van der Waals surface area (Å²) in [5.41, 5.74) is 1.01. The minimum Gasteiger partial charge on any atom is -0.321 e. The molecule has 3 rings (SSSR count). The van der Waals surface area contributed by atoms with E-state index in [-0.39, 0.29) is 22.0 Å². The van der Waals surface area contributed by atoms with Gasteiger partial charge in [0.25, 0.3) is 5.91 Å². The van der Waals surface area contributed by atoms with Crippen molar-refractivity contribution in [1.29, 1.82) is 5.26 Å². The average molecular weight is 428 g/mol. The number of nitriles is 1. The van der Waals surface area contributed by atoms with Gasteiger partial charge in [0.05, 0.1) is 4.90 Å². The summed E-state index contributed by atoms with van der Waals surface area (Å²) in [5, 5.41) is 11.9. The van der Waals surface area contributed by atoms with E-state index in [1.807, 2.05) is 6.07 Å². The number of hydrogen-bond acceptors (Lipinski definition) is 4. The van der Waals surface area contributed by atoms with Crippen LogP contribution in [0.4, 0.5) is 10.1 Å². The minimum absolute atomic E-state index is 0.0962. The molecule has 1 N–H and O–H groups in total. The second kappa shape index (κ2) is 9.20. The molecule has 0 bridgehead atoms. The van der Waals surface area contributed by atoms with Crippen LogP contribution in [-0.2, 0) is 14.8 Å². The zero-order valence-corrected chi connectivity index (χ0v) is 17.4.